The predicted octanol–water partition coefficient (Wildman–Crippen LogP) is 0.795. The number of carbonyl (C=O) groups is 1. The first kappa shape index (κ1) is 14.4. The zero-order chi connectivity index (χ0) is 13.5. The van der Waals surface area contributed by atoms with Gasteiger partial charge < -0.3 is 15.3 Å². The number of hydrogen-bond acceptors (Lipinski definition) is 4. The van der Waals surface area contributed by atoms with Crippen LogP contribution in [-0.4, -0.2) is 38.4 Å². The van der Waals surface area contributed by atoms with Crippen molar-refractivity contribution in [1.29, 1.82) is 0 Å². The minimum absolute atomic E-state index is 0.0924. The Hall–Kier alpha value is -0.710. The van der Waals surface area contributed by atoms with Crippen molar-refractivity contribution in [1.82, 2.24) is 0 Å². The Labute approximate surface area is 102 Å². The highest BCUT2D eigenvalue weighted by Crippen LogP contribution is 2.50. The molecule has 0 aliphatic heterocycles. The molecule has 1 rings (SSSR count). The van der Waals surface area contributed by atoms with Gasteiger partial charge in [-0.3, -0.25) is 4.79 Å². The standard InChI is InChI=1S/C13H22O4/c1-9(14)5-6-13(17)11(2,3)7-10(15)8-12(13,4)16/h5-6,10,15-17H,7-8H2,1-4H3. The van der Waals surface area contributed by atoms with E-state index in [1.54, 1.807) is 13.8 Å². The second kappa shape index (κ2) is 4.19. The lowest BCUT2D eigenvalue weighted by atomic mass is 9.57. The third-order valence-electron chi connectivity index (χ3n) is 3.79. The molecule has 0 amide bonds. The zero-order valence-electron chi connectivity index (χ0n) is 10.9. The molecule has 4 nitrogen and oxygen atoms in total. The van der Waals surface area contributed by atoms with Crippen LogP contribution in [0.4, 0.5) is 0 Å². The van der Waals surface area contributed by atoms with Crippen LogP contribution in [0.5, 0.6) is 0 Å². The molecule has 1 aliphatic carbocycles. The summed E-state index contributed by atoms with van der Waals surface area (Å²) < 4.78 is 0. The molecular formula is C13H22O4. The Morgan fingerprint density at radius 2 is 1.76 bits per heavy atom. The van der Waals surface area contributed by atoms with Crippen LogP contribution in [0, 0.1) is 5.41 Å². The molecule has 0 heterocycles. The maximum absolute atomic E-state index is 11.0. The molecule has 0 aromatic rings. The SMILES string of the molecule is CC(=O)C=CC1(O)C(C)(C)CC(O)CC1(C)O. The Kier molecular flexibility index (Phi) is 3.54. The van der Waals surface area contributed by atoms with Gasteiger partial charge >= 0.3 is 0 Å². The van der Waals surface area contributed by atoms with Crippen LogP contribution in [0.15, 0.2) is 12.2 Å². The Morgan fingerprint density at radius 1 is 1.24 bits per heavy atom. The van der Waals surface area contributed by atoms with Crippen LogP contribution in [0.3, 0.4) is 0 Å². The third-order valence-corrected chi connectivity index (χ3v) is 3.79. The Morgan fingerprint density at radius 3 is 2.18 bits per heavy atom. The summed E-state index contributed by atoms with van der Waals surface area (Å²) in [5.74, 6) is -0.184. The average Bonchev–Trinajstić information content (AvgIpc) is 2.09. The van der Waals surface area contributed by atoms with Crippen molar-refractivity contribution in [2.24, 2.45) is 5.41 Å². The number of carbonyl (C=O) groups excluding carboxylic acids is 1. The monoisotopic (exact) mass is 242 g/mol. The fraction of sp³-hybridized carbons (Fsp3) is 0.769. The second-order valence-electron chi connectivity index (χ2n) is 5.93. The largest absolute Gasteiger partial charge is 0.393 e. The van der Waals surface area contributed by atoms with E-state index in [1.807, 2.05) is 0 Å². The Bertz CT molecular complexity index is 323. The van der Waals surface area contributed by atoms with Gasteiger partial charge in [0.25, 0.3) is 0 Å². The first-order valence-electron chi connectivity index (χ1n) is 5.84. The van der Waals surface area contributed by atoms with Crippen LogP contribution in [0.25, 0.3) is 0 Å². The molecular weight excluding hydrogens is 220 g/mol. The van der Waals surface area contributed by atoms with Crippen molar-refractivity contribution >= 4 is 5.78 Å². The number of rotatable bonds is 2. The van der Waals surface area contributed by atoms with Gasteiger partial charge in [-0.05, 0) is 32.4 Å². The lowest BCUT2D eigenvalue weighted by Crippen LogP contribution is -2.65. The van der Waals surface area contributed by atoms with E-state index in [4.69, 9.17) is 0 Å². The summed E-state index contributed by atoms with van der Waals surface area (Å²) in [6.07, 6.45) is 2.46. The van der Waals surface area contributed by atoms with Crippen molar-refractivity contribution < 1.29 is 20.1 Å². The average molecular weight is 242 g/mol. The minimum Gasteiger partial charge on any atom is -0.393 e. The molecule has 1 aliphatic rings. The molecule has 17 heavy (non-hydrogen) atoms. The molecule has 98 valence electrons. The third kappa shape index (κ3) is 2.44. The van der Waals surface area contributed by atoms with E-state index < -0.39 is 22.7 Å². The first-order chi connectivity index (χ1) is 7.52. The summed E-state index contributed by atoms with van der Waals surface area (Å²) in [5.41, 5.74) is -3.69. The zero-order valence-corrected chi connectivity index (χ0v) is 10.9. The van der Waals surface area contributed by atoms with Crippen LogP contribution in [0.2, 0.25) is 0 Å². The topological polar surface area (TPSA) is 77.8 Å². The van der Waals surface area contributed by atoms with Gasteiger partial charge in [0.1, 0.15) is 5.60 Å². The normalized spacial score (nSPS) is 41.7. The molecule has 1 saturated carbocycles. The van der Waals surface area contributed by atoms with Crippen molar-refractivity contribution in [3.8, 4) is 0 Å². The van der Waals surface area contributed by atoms with Gasteiger partial charge in [-0.1, -0.05) is 13.8 Å². The van der Waals surface area contributed by atoms with Gasteiger partial charge in [0.2, 0.25) is 0 Å². The maximum Gasteiger partial charge on any atom is 0.152 e. The van der Waals surface area contributed by atoms with E-state index in [1.165, 1.54) is 26.0 Å². The summed E-state index contributed by atoms with van der Waals surface area (Å²) in [6.45, 7) is 6.42. The maximum atomic E-state index is 11.0. The molecule has 1 fully saturated rings. The van der Waals surface area contributed by atoms with Gasteiger partial charge in [-0.15, -0.1) is 0 Å². The molecule has 0 aromatic heterocycles. The van der Waals surface area contributed by atoms with E-state index in [0.717, 1.165) is 0 Å². The van der Waals surface area contributed by atoms with Crippen molar-refractivity contribution in [2.45, 2.75) is 57.8 Å². The van der Waals surface area contributed by atoms with Crippen molar-refractivity contribution in [3.05, 3.63) is 12.2 Å². The molecule has 0 saturated heterocycles. The van der Waals surface area contributed by atoms with E-state index in [0.29, 0.717) is 6.42 Å². The highest BCUT2D eigenvalue weighted by Gasteiger charge is 2.58. The molecule has 0 aromatic carbocycles. The van der Waals surface area contributed by atoms with Crippen LogP contribution in [0.1, 0.15) is 40.5 Å². The summed E-state index contributed by atoms with van der Waals surface area (Å²) >= 11 is 0. The summed E-state index contributed by atoms with van der Waals surface area (Å²) in [4.78, 5) is 11.0. The van der Waals surface area contributed by atoms with Gasteiger partial charge in [-0.25, -0.2) is 0 Å². The second-order valence-corrected chi connectivity index (χ2v) is 5.93. The van der Waals surface area contributed by atoms with E-state index in [9.17, 15) is 20.1 Å². The fourth-order valence-corrected chi connectivity index (χ4v) is 2.80. The van der Waals surface area contributed by atoms with Crippen LogP contribution >= 0.6 is 0 Å². The van der Waals surface area contributed by atoms with Crippen LogP contribution < -0.4 is 0 Å². The molecule has 3 atom stereocenters. The summed E-state index contributed by atoms with van der Waals surface area (Å²) in [5, 5.41) is 30.8. The van der Waals surface area contributed by atoms with Gasteiger partial charge in [0, 0.05) is 11.8 Å². The van der Waals surface area contributed by atoms with Gasteiger partial charge in [0.15, 0.2) is 5.78 Å². The number of aliphatic hydroxyl groups is 3. The van der Waals surface area contributed by atoms with Crippen molar-refractivity contribution in [2.75, 3.05) is 0 Å². The van der Waals surface area contributed by atoms with Gasteiger partial charge in [0.05, 0.1) is 11.7 Å². The molecule has 0 spiro atoms. The van der Waals surface area contributed by atoms with E-state index >= 15 is 0 Å². The van der Waals surface area contributed by atoms with Gasteiger partial charge in [-0.2, -0.15) is 0 Å². The molecule has 0 radical (unpaired) electrons. The van der Waals surface area contributed by atoms with Crippen LogP contribution in [-0.2, 0) is 4.79 Å². The number of allylic oxidation sites excluding steroid dienone is 1. The first-order valence-corrected chi connectivity index (χ1v) is 5.84. The molecule has 3 N–H and O–H groups in total. The Balaban J connectivity index is 3.19. The number of ketones is 1. The molecule has 4 heteroatoms. The quantitative estimate of drug-likeness (QED) is 0.626. The summed E-state index contributed by atoms with van der Waals surface area (Å²) in [6, 6.07) is 0. The predicted molar refractivity (Wildman–Crippen MR) is 64.4 cm³/mol. The smallest absolute Gasteiger partial charge is 0.152 e. The molecule has 3 unspecified atom stereocenters. The summed E-state index contributed by atoms with van der Waals surface area (Å²) in [7, 11) is 0. The van der Waals surface area contributed by atoms with E-state index in [-0.39, 0.29) is 12.2 Å². The fourth-order valence-electron chi connectivity index (χ4n) is 2.80. The number of hydrogen-bond donors (Lipinski definition) is 3. The lowest BCUT2D eigenvalue weighted by molar-refractivity contribution is -0.216. The van der Waals surface area contributed by atoms with Crippen molar-refractivity contribution in [3.63, 3.8) is 0 Å². The highest BCUT2D eigenvalue weighted by molar-refractivity contribution is 5.87. The number of aliphatic hydroxyl groups excluding tert-OH is 1. The van der Waals surface area contributed by atoms with E-state index in [2.05, 4.69) is 0 Å². The highest BCUT2D eigenvalue weighted by atomic mass is 16.4. The minimum atomic E-state index is -1.52. The lowest BCUT2D eigenvalue weighted by Gasteiger charge is -2.54. The molecule has 0 bridgehead atoms.